The summed E-state index contributed by atoms with van der Waals surface area (Å²) in [4.78, 5) is 28.5. The minimum absolute atomic E-state index is 0.00823. The summed E-state index contributed by atoms with van der Waals surface area (Å²) in [6.07, 6.45) is -0.174. The molecule has 9 nitrogen and oxygen atoms in total. The summed E-state index contributed by atoms with van der Waals surface area (Å²) < 4.78 is 20.2. The van der Waals surface area contributed by atoms with Crippen LogP contribution in [0.1, 0.15) is 48.0 Å². The van der Waals surface area contributed by atoms with Crippen LogP contribution in [0.15, 0.2) is 101 Å². The highest BCUT2D eigenvalue weighted by Gasteiger charge is 2.32. The van der Waals surface area contributed by atoms with E-state index < -0.39 is 18.3 Å². The van der Waals surface area contributed by atoms with Crippen molar-refractivity contribution in [1.29, 1.82) is 0 Å². The molecule has 1 fully saturated rings. The fourth-order valence-electron chi connectivity index (χ4n) is 5.43. The molecule has 1 aliphatic heterocycles. The molecule has 3 N–H and O–H groups in total. The number of rotatable bonds is 12. The van der Waals surface area contributed by atoms with Crippen LogP contribution in [-0.2, 0) is 32.2 Å². The molecule has 0 bridgehead atoms. The Morgan fingerprint density at radius 1 is 0.917 bits per heavy atom. The summed E-state index contributed by atoms with van der Waals surface area (Å²) in [6, 6.07) is 31.7. The first-order valence-corrected chi connectivity index (χ1v) is 17.6. The molecule has 0 aliphatic carbocycles. The Morgan fingerprint density at radius 3 is 2.50 bits per heavy atom. The second-order valence-corrected chi connectivity index (χ2v) is 13.6. The number of carbonyl (C=O) groups excluding carboxylic acids is 2. The van der Waals surface area contributed by atoms with Crippen LogP contribution in [0.4, 0.5) is 4.79 Å². The lowest BCUT2D eigenvalue weighted by Crippen LogP contribution is -2.38. The normalized spacial score (nSPS) is 17.6. The molecule has 4 aromatic carbocycles. The lowest BCUT2D eigenvalue weighted by molar-refractivity contribution is -0.245. The van der Waals surface area contributed by atoms with Gasteiger partial charge in [-0.05, 0) is 59.0 Å². The van der Waals surface area contributed by atoms with E-state index in [0.717, 1.165) is 49.0 Å². The molecule has 5 aromatic rings. The summed E-state index contributed by atoms with van der Waals surface area (Å²) in [5.74, 6) is 0.247. The summed E-state index contributed by atoms with van der Waals surface area (Å²) in [7, 11) is 0. The minimum Gasteiger partial charge on any atom is -0.465 e. The van der Waals surface area contributed by atoms with Crippen LogP contribution in [0.25, 0.3) is 21.3 Å². The summed E-state index contributed by atoms with van der Waals surface area (Å²) in [6.45, 7) is 2.08. The maximum Gasteiger partial charge on any atom is 0.325 e. The third kappa shape index (κ3) is 8.80. The van der Waals surface area contributed by atoms with Gasteiger partial charge in [0.2, 0.25) is 0 Å². The van der Waals surface area contributed by atoms with Gasteiger partial charge in [-0.2, -0.15) is 0 Å². The molecule has 248 valence electrons. The van der Waals surface area contributed by atoms with E-state index in [9.17, 15) is 14.7 Å². The van der Waals surface area contributed by atoms with Crippen molar-refractivity contribution in [1.82, 2.24) is 15.6 Å². The number of aromatic nitrogens is 1. The van der Waals surface area contributed by atoms with Gasteiger partial charge in [0, 0.05) is 24.3 Å². The number of thiazole rings is 1. The van der Waals surface area contributed by atoms with Crippen molar-refractivity contribution < 1.29 is 28.9 Å². The largest absolute Gasteiger partial charge is 0.465 e. The van der Waals surface area contributed by atoms with Gasteiger partial charge in [-0.3, -0.25) is 4.79 Å². The van der Waals surface area contributed by atoms with Gasteiger partial charge < -0.3 is 30.0 Å². The Morgan fingerprint density at radius 2 is 1.71 bits per heavy atom. The number of urea groups is 1. The van der Waals surface area contributed by atoms with Gasteiger partial charge in [0.05, 0.1) is 35.6 Å². The Labute approximate surface area is 287 Å². The number of carbonyl (C=O) groups is 2. The molecular weight excluding hydrogens is 647 g/mol. The second kappa shape index (κ2) is 16.2. The molecule has 1 aliphatic rings. The molecule has 0 unspecified atom stereocenters. The average Bonchev–Trinajstić information content (AvgIpc) is 3.56. The van der Waals surface area contributed by atoms with E-state index in [1.807, 2.05) is 84.9 Å². The first-order chi connectivity index (χ1) is 23.5. The van der Waals surface area contributed by atoms with Gasteiger partial charge in [0.15, 0.2) is 10.6 Å². The Balaban J connectivity index is 1.16. The number of fused-ring (bicyclic) bond motifs is 1. The molecule has 0 radical (unpaired) electrons. The maximum absolute atomic E-state index is 12.2. The molecule has 48 heavy (non-hydrogen) atoms. The predicted octanol–water partition coefficient (Wildman–Crippen LogP) is 7.16. The number of benzene rings is 4. The van der Waals surface area contributed by atoms with Gasteiger partial charge in [-0.15, -0.1) is 11.3 Å². The van der Waals surface area contributed by atoms with E-state index >= 15 is 0 Å². The number of nitrogens with zero attached hydrogens (tertiary/aromatic N) is 1. The van der Waals surface area contributed by atoms with Crippen LogP contribution in [0.5, 0.6) is 0 Å². The van der Waals surface area contributed by atoms with Crippen molar-refractivity contribution in [3.63, 3.8) is 0 Å². The second-order valence-electron chi connectivity index (χ2n) is 11.3. The Hall–Kier alpha value is -4.26. The van der Waals surface area contributed by atoms with Gasteiger partial charge in [0.1, 0.15) is 6.54 Å². The topological polar surface area (TPSA) is 119 Å². The number of esters is 1. The van der Waals surface area contributed by atoms with Gasteiger partial charge in [0.25, 0.3) is 0 Å². The van der Waals surface area contributed by atoms with E-state index in [-0.39, 0.29) is 32.0 Å². The zero-order chi connectivity index (χ0) is 33.3. The van der Waals surface area contributed by atoms with E-state index in [1.165, 1.54) is 4.70 Å². The number of hydrogen-bond donors (Lipinski definition) is 3. The number of aliphatic hydroxyl groups excluding tert-OH is 1. The molecular formula is C37H37N3O6S2. The lowest BCUT2D eigenvalue weighted by atomic mass is 9.99. The maximum atomic E-state index is 12.2. The molecule has 1 saturated heterocycles. The fraction of sp³-hybridized carbons (Fsp3) is 0.270. The molecule has 0 spiro atoms. The van der Waals surface area contributed by atoms with Crippen molar-refractivity contribution >= 4 is 45.3 Å². The number of para-hydroxylation sites is 1. The Bertz CT molecular complexity index is 1810. The predicted molar refractivity (Wildman–Crippen MR) is 188 cm³/mol. The quantitative estimate of drug-likeness (QED) is 0.0937. The average molecular weight is 684 g/mol. The van der Waals surface area contributed by atoms with Gasteiger partial charge in [-0.1, -0.05) is 84.6 Å². The third-order valence-corrected chi connectivity index (χ3v) is 10.2. The fourth-order valence-corrected chi connectivity index (χ4v) is 7.55. The monoisotopic (exact) mass is 683 g/mol. The van der Waals surface area contributed by atoms with E-state index in [2.05, 4.69) is 22.8 Å². The van der Waals surface area contributed by atoms with E-state index in [1.54, 1.807) is 30.0 Å². The van der Waals surface area contributed by atoms with Crippen LogP contribution in [0.2, 0.25) is 0 Å². The standard InChI is InChI=1S/C37H37N3O6S2/c1-2-44-34(42)21-39-36(43)38-20-25-7-5-8-27(17-25)28-9-6-10-29(18-28)35-45-30(19-32(46-35)26-15-13-24(22-41)14-16-26)23-47-37-40-31-11-3-4-12-33(31)48-37/h3-18,30,32,35,41H,2,19-23H2,1H3,(H2,38,39,43)/t30-,32+,35+/m1/s1. The number of ether oxygens (including phenoxy) is 3. The van der Waals surface area contributed by atoms with Crippen molar-refractivity contribution in [3.8, 4) is 11.1 Å². The molecule has 2 heterocycles. The lowest BCUT2D eigenvalue weighted by Gasteiger charge is -2.36. The number of amides is 2. The highest BCUT2D eigenvalue weighted by molar-refractivity contribution is 8.01. The summed E-state index contributed by atoms with van der Waals surface area (Å²) in [5.41, 5.74) is 6.69. The summed E-state index contributed by atoms with van der Waals surface area (Å²) in [5, 5.41) is 14.8. The van der Waals surface area contributed by atoms with Crippen LogP contribution >= 0.6 is 23.1 Å². The first kappa shape index (κ1) is 33.6. The van der Waals surface area contributed by atoms with E-state index in [4.69, 9.17) is 19.2 Å². The van der Waals surface area contributed by atoms with Crippen molar-refractivity contribution in [2.45, 2.75) is 49.3 Å². The summed E-state index contributed by atoms with van der Waals surface area (Å²) >= 11 is 3.40. The number of aliphatic hydroxyl groups is 1. The van der Waals surface area contributed by atoms with Crippen molar-refractivity contribution in [2.75, 3.05) is 18.9 Å². The molecule has 3 atom stereocenters. The van der Waals surface area contributed by atoms with Crippen LogP contribution in [0.3, 0.4) is 0 Å². The molecule has 11 heteroatoms. The molecule has 1 aromatic heterocycles. The number of hydrogen-bond acceptors (Lipinski definition) is 9. The number of thioether (sulfide) groups is 1. The van der Waals surface area contributed by atoms with E-state index in [0.29, 0.717) is 13.0 Å². The van der Waals surface area contributed by atoms with Crippen LogP contribution in [0, 0.1) is 0 Å². The highest BCUT2D eigenvalue weighted by Crippen LogP contribution is 2.41. The SMILES string of the molecule is CCOC(=O)CNC(=O)NCc1cccc(-c2cccc([C@H]3O[C@@H](CSc4nc5ccccc5s4)C[C@@H](c4ccc(CO)cc4)O3)c2)c1. The van der Waals surface area contributed by atoms with Crippen molar-refractivity contribution in [2.24, 2.45) is 0 Å². The van der Waals surface area contributed by atoms with Gasteiger partial charge in [-0.25, -0.2) is 9.78 Å². The third-order valence-electron chi connectivity index (χ3n) is 7.85. The molecule has 2 amide bonds. The van der Waals surface area contributed by atoms with Crippen LogP contribution in [-0.4, -0.2) is 47.1 Å². The first-order valence-electron chi connectivity index (χ1n) is 15.8. The Kier molecular flexibility index (Phi) is 11.4. The van der Waals surface area contributed by atoms with Gasteiger partial charge >= 0.3 is 12.0 Å². The molecule has 6 rings (SSSR count). The smallest absolute Gasteiger partial charge is 0.325 e. The minimum atomic E-state index is -0.588. The highest BCUT2D eigenvalue weighted by atomic mass is 32.2. The molecule has 0 saturated carbocycles. The van der Waals surface area contributed by atoms with Crippen molar-refractivity contribution in [3.05, 3.63) is 119 Å². The van der Waals surface area contributed by atoms with Crippen LogP contribution < -0.4 is 10.6 Å². The number of nitrogens with one attached hydrogen (secondary N) is 2. The zero-order valence-electron chi connectivity index (χ0n) is 26.5. The zero-order valence-corrected chi connectivity index (χ0v) is 28.1.